The van der Waals surface area contributed by atoms with Gasteiger partial charge in [0.2, 0.25) is 5.91 Å². The Morgan fingerprint density at radius 1 is 1.00 bits per heavy atom. The lowest BCUT2D eigenvalue weighted by atomic mass is 10.1. The molecule has 1 amide bonds. The topological polar surface area (TPSA) is 54.9 Å². The van der Waals surface area contributed by atoms with Crippen molar-refractivity contribution in [3.63, 3.8) is 0 Å². The van der Waals surface area contributed by atoms with Crippen molar-refractivity contribution in [2.24, 2.45) is 5.92 Å². The summed E-state index contributed by atoms with van der Waals surface area (Å²) in [5, 5.41) is 2.97. The van der Waals surface area contributed by atoms with Crippen LogP contribution in [0.1, 0.15) is 37.9 Å². The molecule has 1 heterocycles. The van der Waals surface area contributed by atoms with Crippen molar-refractivity contribution in [3.05, 3.63) is 78.1 Å². The highest BCUT2D eigenvalue weighted by Crippen LogP contribution is 2.21. The maximum Gasteiger partial charge on any atom is 0.225 e. The first-order valence-corrected chi connectivity index (χ1v) is 9.87. The molecule has 2 aromatic carbocycles. The van der Waals surface area contributed by atoms with E-state index in [0.717, 1.165) is 36.2 Å². The highest BCUT2D eigenvalue weighted by molar-refractivity contribution is 5.90. The third-order valence-corrected chi connectivity index (χ3v) is 4.49. The first kappa shape index (κ1) is 19.7. The van der Waals surface area contributed by atoms with Gasteiger partial charge in [-0.05, 0) is 30.7 Å². The van der Waals surface area contributed by atoms with E-state index in [-0.39, 0.29) is 5.91 Å². The number of nitrogens with zero attached hydrogens (tertiary/aromatic N) is 2. The fourth-order valence-corrected chi connectivity index (χ4v) is 3.10. The van der Waals surface area contributed by atoms with E-state index in [1.807, 2.05) is 48.5 Å². The Morgan fingerprint density at radius 2 is 1.68 bits per heavy atom. The van der Waals surface area contributed by atoms with E-state index >= 15 is 0 Å². The van der Waals surface area contributed by atoms with Gasteiger partial charge in [-0.15, -0.1) is 0 Å². The fourth-order valence-electron chi connectivity index (χ4n) is 3.10. The van der Waals surface area contributed by atoms with Crippen LogP contribution in [0.3, 0.4) is 0 Å². The summed E-state index contributed by atoms with van der Waals surface area (Å²) >= 11 is 0. The molecule has 1 N–H and O–H groups in total. The summed E-state index contributed by atoms with van der Waals surface area (Å²) in [6, 6.07) is 20.2. The maximum absolute atomic E-state index is 12.4. The van der Waals surface area contributed by atoms with Gasteiger partial charge in [-0.2, -0.15) is 0 Å². The predicted octanol–water partition coefficient (Wildman–Crippen LogP) is 5.30. The summed E-state index contributed by atoms with van der Waals surface area (Å²) in [5.41, 5.74) is 3.95. The first-order valence-electron chi connectivity index (χ1n) is 9.87. The number of aryl methyl sites for hydroxylation is 1. The Bertz CT molecular complexity index is 892. The van der Waals surface area contributed by atoms with Gasteiger partial charge in [0.05, 0.1) is 17.6 Å². The molecular formula is C24H27N3O. The smallest absolute Gasteiger partial charge is 0.225 e. The van der Waals surface area contributed by atoms with Crippen molar-refractivity contribution in [1.29, 1.82) is 0 Å². The molecule has 3 aromatic rings. The van der Waals surface area contributed by atoms with E-state index in [4.69, 9.17) is 4.98 Å². The zero-order chi connectivity index (χ0) is 19.8. The molecule has 28 heavy (non-hydrogen) atoms. The molecule has 0 spiro atoms. The van der Waals surface area contributed by atoms with Gasteiger partial charge in [-0.3, -0.25) is 4.79 Å². The molecule has 0 radical (unpaired) electrons. The van der Waals surface area contributed by atoms with Gasteiger partial charge in [0, 0.05) is 12.0 Å². The first-order chi connectivity index (χ1) is 13.6. The molecule has 0 saturated carbocycles. The highest BCUT2D eigenvalue weighted by Gasteiger charge is 2.13. The van der Waals surface area contributed by atoms with Gasteiger partial charge >= 0.3 is 0 Å². The second-order valence-corrected chi connectivity index (χ2v) is 7.40. The summed E-state index contributed by atoms with van der Waals surface area (Å²) in [7, 11) is 0. The lowest BCUT2D eigenvalue weighted by Crippen LogP contribution is -2.16. The van der Waals surface area contributed by atoms with Crippen molar-refractivity contribution in [2.75, 3.05) is 5.32 Å². The second kappa shape index (κ2) is 9.79. The third kappa shape index (κ3) is 5.74. The minimum atomic E-state index is -0.0114. The Labute approximate surface area is 167 Å². The standard InChI is InChI=1S/C24H27N3O/c1-18(2)16-21-24(25-17-22(26-21)20-13-7-4-8-14-20)27-23(28)15-9-12-19-10-5-3-6-11-19/h3-8,10-11,13-14,17-18H,9,12,15-16H2,1-2H3,(H,25,27,28). The number of nitrogens with one attached hydrogen (secondary N) is 1. The van der Waals surface area contributed by atoms with E-state index in [2.05, 4.69) is 36.3 Å². The molecular weight excluding hydrogens is 346 g/mol. The monoisotopic (exact) mass is 373 g/mol. The van der Waals surface area contributed by atoms with Gasteiger partial charge in [0.1, 0.15) is 0 Å². The van der Waals surface area contributed by atoms with Crippen LogP contribution in [0, 0.1) is 5.92 Å². The Kier molecular flexibility index (Phi) is 6.90. The van der Waals surface area contributed by atoms with E-state index in [1.54, 1.807) is 6.20 Å². The van der Waals surface area contributed by atoms with E-state index in [1.165, 1.54) is 5.56 Å². The van der Waals surface area contributed by atoms with E-state index in [0.29, 0.717) is 18.2 Å². The maximum atomic E-state index is 12.4. The van der Waals surface area contributed by atoms with E-state index < -0.39 is 0 Å². The van der Waals surface area contributed by atoms with Crippen molar-refractivity contribution in [1.82, 2.24) is 9.97 Å². The van der Waals surface area contributed by atoms with Gasteiger partial charge in [-0.1, -0.05) is 74.5 Å². The van der Waals surface area contributed by atoms with Gasteiger partial charge in [0.15, 0.2) is 5.82 Å². The van der Waals surface area contributed by atoms with Gasteiger partial charge < -0.3 is 5.32 Å². The number of hydrogen-bond acceptors (Lipinski definition) is 3. The summed E-state index contributed by atoms with van der Waals surface area (Å²) < 4.78 is 0. The number of carbonyl (C=O) groups excluding carboxylic acids is 1. The van der Waals surface area contributed by atoms with Crippen LogP contribution < -0.4 is 5.32 Å². The van der Waals surface area contributed by atoms with Crippen LogP contribution in [-0.2, 0) is 17.6 Å². The van der Waals surface area contributed by atoms with E-state index in [9.17, 15) is 4.79 Å². The largest absolute Gasteiger partial charge is 0.309 e. The summed E-state index contributed by atoms with van der Waals surface area (Å²) in [5.74, 6) is 0.995. The zero-order valence-corrected chi connectivity index (χ0v) is 16.6. The molecule has 0 atom stereocenters. The second-order valence-electron chi connectivity index (χ2n) is 7.40. The third-order valence-electron chi connectivity index (χ3n) is 4.49. The molecule has 0 saturated heterocycles. The van der Waals surface area contributed by atoms with Gasteiger partial charge in [-0.25, -0.2) is 9.97 Å². The zero-order valence-electron chi connectivity index (χ0n) is 16.6. The lowest BCUT2D eigenvalue weighted by molar-refractivity contribution is -0.116. The quantitative estimate of drug-likeness (QED) is 0.583. The normalized spacial score (nSPS) is 10.8. The highest BCUT2D eigenvalue weighted by atomic mass is 16.1. The van der Waals surface area contributed by atoms with Crippen LogP contribution in [-0.4, -0.2) is 15.9 Å². The number of rotatable bonds is 8. The lowest BCUT2D eigenvalue weighted by Gasteiger charge is -2.13. The summed E-state index contributed by atoms with van der Waals surface area (Å²) in [6.07, 6.45) is 4.68. The Morgan fingerprint density at radius 3 is 2.36 bits per heavy atom. The predicted molar refractivity (Wildman–Crippen MR) is 114 cm³/mol. The number of benzene rings is 2. The van der Waals surface area contributed by atoms with Gasteiger partial charge in [0.25, 0.3) is 0 Å². The van der Waals surface area contributed by atoms with Crippen LogP contribution in [0.5, 0.6) is 0 Å². The minimum absolute atomic E-state index is 0.0114. The number of carbonyl (C=O) groups is 1. The molecule has 1 aromatic heterocycles. The SMILES string of the molecule is CC(C)Cc1nc(-c2ccccc2)cnc1NC(=O)CCCc1ccccc1. The molecule has 0 aliphatic heterocycles. The molecule has 4 heteroatoms. The molecule has 0 fully saturated rings. The van der Waals surface area contributed by atoms with Crippen molar-refractivity contribution >= 4 is 11.7 Å². The van der Waals surface area contributed by atoms with Crippen LogP contribution >= 0.6 is 0 Å². The molecule has 0 aliphatic carbocycles. The summed E-state index contributed by atoms with van der Waals surface area (Å²) in [6.45, 7) is 4.28. The number of anilines is 1. The van der Waals surface area contributed by atoms with Crippen LogP contribution in [0.15, 0.2) is 66.9 Å². The fraction of sp³-hybridized carbons (Fsp3) is 0.292. The molecule has 0 unspecified atom stereocenters. The molecule has 144 valence electrons. The van der Waals surface area contributed by atoms with Crippen LogP contribution in [0.4, 0.5) is 5.82 Å². The molecule has 4 nitrogen and oxygen atoms in total. The average Bonchev–Trinajstić information content (AvgIpc) is 2.70. The molecule has 0 aliphatic rings. The van der Waals surface area contributed by atoms with Crippen molar-refractivity contribution < 1.29 is 4.79 Å². The van der Waals surface area contributed by atoms with Crippen molar-refractivity contribution in [2.45, 2.75) is 39.5 Å². The van der Waals surface area contributed by atoms with Crippen LogP contribution in [0.2, 0.25) is 0 Å². The molecule has 0 bridgehead atoms. The summed E-state index contributed by atoms with van der Waals surface area (Å²) in [4.78, 5) is 21.7. The Balaban J connectivity index is 1.67. The van der Waals surface area contributed by atoms with Crippen LogP contribution in [0.25, 0.3) is 11.3 Å². The number of aromatic nitrogens is 2. The number of hydrogen-bond donors (Lipinski definition) is 1. The molecule has 3 rings (SSSR count). The van der Waals surface area contributed by atoms with Crippen molar-refractivity contribution in [3.8, 4) is 11.3 Å². The Hall–Kier alpha value is -3.01. The number of amides is 1. The average molecular weight is 374 g/mol. The minimum Gasteiger partial charge on any atom is -0.309 e.